The lowest BCUT2D eigenvalue weighted by Gasteiger charge is -2.11. The fourth-order valence-corrected chi connectivity index (χ4v) is 2.46. The molecule has 2 aromatic rings. The number of nitrogens with two attached hydrogens (primary N) is 1. The van der Waals surface area contributed by atoms with E-state index in [1.165, 1.54) is 6.42 Å². The van der Waals surface area contributed by atoms with E-state index in [2.05, 4.69) is 44.2 Å². The van der Waals surface area contributed by atoms with Gasteiger partial charge in [0.1, 0.15) is 6.04 Å². The zero-order chi connectivity index (χ0) is 22.5. The molecule has 4 N–H and O–H groups in total. The average Bonchev–Trinajstić information content (AvgIpc) is 3.08. The van der Waals surface area contributed by atoms with Gasteiger partial charge in [-0.05, 0) is 55.0 Å². The number of hydrogen-bond acceptors (Lipinski definition) is 4. The van der Waals surface area contributed by atoms with Crippen LogP contribution in [-0.2, 0) is 4.79 Å². The van der Waals surface area contributed by atoms with Gasteiger partial charge in [0, 0.05) is 22.4 Å². The highest BCUT2D eigenvalue weighted by Gasteiger charge is 2.32. The van der Waals surface area contributed by atoms with E-state index in [1.807, 2.05) is 12.1 Å². The topological polar surface area (TPSA) is 95.7 Å². The maximum Gasteiger partial charge on any atom is 0.268 e. The third kappa shape index (κ3) is 7.46. The predicted octanol–water partition coefficient (Wildman–Crippen LogP) is 3.61. The van der Waals surface area contributed by atoms with Crippen molar-refractivity contribution in [1.82, 2.24) is 10.4 Å². The van der Waals surface area contributed by atoms with Gasteiger partial charge in [0.2, 0.25) is 0 Å². The summed E-state index contributed by atoms with van der Waals surface area (Å²) in [4.78, 5) is 23.8. The monoisotopic (exact) mass is 407 g/mol. The molecular weight excluding hydrogens is 378 g/mol. The second-order valence-corrected chi connectivity index (χ2v) is 6.43. The quantitative estimate of drug-likeness (QED) is 0.307. The summed E-state index contributed by atoms with van der Waals surface area (Å²) in [6, 6.07) is 13.4. The average molecular weight is 408 g/mol. The lowest BCUT2D eigenvalue weighted by atomic mass is 10.1. The Labute approximate surface area is 178 Å². The number of hydrogen-bond donors (Lipinski definition) is 3. The van der Waals surface area contributed by atoms with Crippen molar-refractivity contribution in [2.75, 3.05) is 12.3 Å². The summed E-state index contributed by atoms with van der Waals surface area (Å²) in [5.74, 6) is 5.20. The third-order valence-electron chi connectivity index (χ3n) is 3.90. The summed E-state index contributed by atoms with van der Waals surface area (Å²) in [6.07, 6.45) is 1.65. The summed E-state index contributed by atoms with van der Waals surface area (Å²) in [6.45, 7) is 10.5. The second kappa shape index (κ2) is 12.8. The van der Waals surface area contributed by atoms with Crippen LogP contribution in [0.5, 0.6) is 0 Å². The van der Waals surface area contributed by atoms with Crippen LogP contribution in [0, 0.1) is 11.8 Å². The van der Waals surface area contributed by atoms with Gasteiger partial charge in [0.15, 0.2) is 0 Å². The van der Waals surface area contributed by atoms with Crippen LogP contribution in [0.2, 0.25) is 0 Å². The van der Waals surface area contributed by atoms with Crippen molar-refractivity contribution in [3.8, 4) is 11.8 Å². The van der Waals surface area contributed by atoms with Gasteiger partial charge < -0.3 is 11.1 Å². The first-order valence-electron chi connectivity index (χ1n) is 9.73. The fraction of sp³-hybridized carbons (Fsp3) is 0.250. The van der Waals surface area contributed by atoms with E-state index in [4.69, 9.17) is 5.73 Å². The summed E-state index contributed by atoms with van der Waals surface area (Å²) < 4.78 is 0. The van der Waals surface area contributed by atoms with Crippen molar-refractivity contribution < 1.29 is 14.8 Å². The Kier molecular flexibility index (Phi) is 10.5. The first-order chi connectivity index (χ1) is 14.4. The smallest absolute Gasteiger partial charge is 0.268 e. The summed E-state index contributed by atoms with van der Waals surface area (Å²) in [5.41, 5.74) is 8.37. The molecule has 30 heavy (non-hydrogen) atoms. The Morgan fingerprint density at radius 2 is 1.57 bits per heavy atom. The molecule has 158 valence electrons. The van der Waals surface area contributed by atoms with Gasteiger partial charge in [-0.15, -0.1) is 13.2 Å². The maximum absolute atomic E-state index is 12.2. The number of hydroxylamine groups is 2. The van der Waals surface area contributed by atoms with Crippen LogP contribution in [0.1, 0.15) is 48.2 Å². The van der Waals surface area contributed by atoms with Gasteiger partial charge in [-0.1, -0.05) is 32.1 Å². The number of carbonyl (C=O) groups is 2. The molecule has 0 spiro atoms. The first-order valence-corrected chi connectivity index (χ1v) is 9.73. The van der Waals surface area contributed by atoms with E-state index in [0.29, 0.717) is 22.7 Å². The van der Waals surface area contributed by atoms with Crippen LogP contribution in [0.4, 0.5) is 5.69 Å². The number of nitrogens with zero attached hydrogens (tertiary/aromatic N) is 1. The van der Waals surface area contributed by atoms with E-state index in [0.717, 1.165) is 11.1 Å². The number of nitrogens with one attached hydrogen (secondary N) is 1. The lowest BCUT2D eigenvalue weighted by molar-refractivity contribution is -0.158. The maximum atomic E-state index is 12.2. The van der Waals surface area contributed by atoms with E-state index in [1.54, 1.807) is 36.4 Å². The Balaban J connectivity index is 0.000000826. The molecule has 6 nitrogen and oxygen atoms in total. The SMILES string of the molecule is C=C.CCC.Nc1ccc(C#Cc2ccc(C(=O)NC3CCN(O)C3=O)cc2)cc1. The van der Waals surface area contributed by atoms with Crippen molar-refractivity contribution in [3.05, 3.63) is 78.4 Å². The predicted molar refractivity (Wildman–Crippen MR) is 120 cm³/mol. The molecule has 1 saturated heterocycles. The van der Waals surface area contributed by atoms with Crippen LogP contribution in [-0.4, -0.2) is 34.7 Å². The number of carbonyl (C=O) groups excluding carboxylic acids is 2. The van der Waals surface area contributed by atoms with E-state index in [-0.39, 0.29) is 12.5 Å². The highest BCUT2D eigenvalue weighted by Crippen LogP contribution is 2.10. The van der Waals surface area contributed by atoms with Crippen molar-refractivity contribution in [2.24, 2.45) is 0 Å². The van der Waals surface area contributed by atoms with E-state index in [9.17, 15) is 14.8 Å². The Morgan fingerprint density at radius 1 is 1.10 bits per heavy atom. The van der Waals surface area contributed by atoms with Crippen molar-refractivity contribution in [1.29, 1.82) is 0 Å². The van der Waals surface area contributed by atoms with Gasteiger partial charge in [-0.3, -0.25) is 14.8 Å². The molecule has 2 aromatic carbocycles. The van der Waals surface area contributed by atoms with Gasteiger partial charge in [0.25, 0.3) is 11.8 Å². The van der Waals surface area contributed by atoms with E-state index < -0.39 is 11.9 Å². The lowest BCUT2D eigenvalue weighted by Crippen LogP contribution is -2.40. The molecule has 1 aliphatic heterocycles. The number of nitrogen functional groups attached to an aromatic ring is 1. The van der Waals surface area contributed by atoms with Crippen LogP contribution in [0.3, 0.4) is 0 Å². The second-order valence-electron chi connectivity index (χ2n) is 6.43. The minimum absolute atomic E-state index is 0.226. The Morgan fingerprint density at radius 3 is 2.00 bits per heavy atom. The van der Waals surface area contributed by atoms with Crippen LogP contribution in [0.15, 0.2) is 61.7 Å². The van der Waals surface area contributed by atoms with Crippen molar-refractivity contribution in [3.63, 3.8) is 0 Å². The van der Waals surface area contributed by atoms with Gasteiger partial charge in [-0.2, -0.15) is 0 Å². The summed E-state index contributed by atoms with van der Waals surface area (Å²) in [5, 5.41) is 12.5. The molecule has 2 amide bonds. The first kappa shape index (κ1) is 24.5. The van der Waals surface area contributed by atoms with Crippen LogP contribution >= 0.6 is 0 Å². The molecule has 1 heterocycles. The van der Waals surface area contributed by atoms with Crippen LogP contribution in [0.25, 0.3) is 0 Å². The minimum atomic E-state index is -0.678. The molecule has 0 aliphatic carbocycles. The molecule has 1 aliphatic rings. The summed E-state index contributed by atoms with van der Waals surface area (Å²) >= 11 is 0. The normalized spacial score (nSPS) is 14.3. The molecule has 6 heteroatoms. The molecule has 1 fully saturated rings. The number of anilines is 1. The number of rotatable bonds is 2. The highest BCUT2D eigenvalue weighted by molar-refractivity contribution is 5.97. The van der Waals surface area contributed by atoms with Crippen LogP contribution < -0.4 is 11.1 Å². The molecular formula is C24H29N3O3. The van der Waals surface area contributed by atoms with Crippen molar-refractivity contribution in [2.45, 2.75) is 32.7 Å². The molecule has 0 saturated carbocycles. The van der Waals surface area contributed by atoms with Gasteiger partial charge in [0.05, 0.1) is 6.54 Å². The molecule has 1 atom stereocenters. The zero-order valence-electron chi connectivity index (χ0n) is 17.5. The minimum Gasteiger partial charge on any atom is -0.399 e. The van der Waals surface area contributed by atoms with Gasteiger partial charge in [-0.25, -0.2) is 5.06 Å². The molecule has 3 rings (SSSR count). The number of amides is 2. The Hall–Kier alpha value is -3.56. The van der Waals surface area contributed by atoms with Gasteiger partial charge >= 0.3 is 0 Å². The van der Waals surface area contributed by atoms with Crippen molar-refractivity contribution >= 4 is 17.5 Å². The largest absolute Gasteiger partial charge is 0.399 e. The molecule has 0 bridgehead atoms. The standard InChI is InChI=1S/C19H17N3O3.C3H8.C2H4/c20-16-9-5-14(6-10-16)2-1-13-3-7-15(8-4-13)18(23)21-17-11-12-22(25)19(17)24;1-3-2;1-2/h3-10,17,25H,11-12,20H2,(H,21,23);3H2,1-2H3;1-2H2. The number of benzene rings is 2. The summed E-state index contributed by atoms with van der Waals surface area (Å²) in [7, 11) is 0. The fourth-order valence-electron chi connectivity index (χ4n) is 2.46. The molecule has 1 unspecified atom stereocenters. The van der Waals surface area contributed by atoms with E-state index >= 15 is 0 Å². The molecule has 0 aromatic heterocycles. The third-order valence-corrected chi connectivity index (χ3v) is 3.90. The molecule has 0 radical (unpaired) electrons. The zero-order valence-corrected chi connectivity index (χ0v) is 17.5. The highest BCUT2D eigenvalue weighted by atomic mass is 16.5. The Bertz CT molecular complexity index is 881.